The molecule has 0 heterocycles. The first-order chi connectivity index (χ1) is 9.13. The summed E-state index contributed by atoms with van der Waals surface area (Å²) < 4.78 is 0. The summed E-state index contributed by atoms with van der Waals surface area (Å²) in [7, 11) is 2.09. The molecule has 1 unspecified atom stereocenters. The fourth-order valence-electron chi connectivity index (χ4n) is 1.90. The molecular formula is C14H24N4O. The summed E-state index contributed by atoms with van der Waals surface area (Å²) in [6.07, 6.45) is 1.61. The summed E-state index contributed by atoms with van der Waals surface area (Å²) in [6, 6.07) is 10.5. The quantitative estimate of drug-likeness (QED) is 0.219. The molecule has 4 N–H and O–H groups in total. The van der Waals surface area contributed by atoms with Crippen LogP contribution in [-0.4, -0.2) is 37.2 Å². The molecule has 0 saturated carbocycles. The summed E-state index contributed by atoms with van der Waals surface area (Å²) in [5.41, 5.74) is 6.68. The van der Waals surface area contributed by atoms with Crippen LogP contribution in [0.15, 0.2) is 35.5 Å². The second-order valence-electron chi connectivity index (χ2n) is 4.76. The molecule has 0 spiro atoms. The maximum absolute atomic E-state index is 8.48. The molecule has 0 fully saturated rings. The number of hydrogen-bond acceptors (Lipinski definition) is 4. The molecule has 0 aliphatic carbocycles. The maximum atomic E-state index is 8.48. The summed E-state index contributed by atoms with van der Waals surface area (Å²) >= 11 is 0. The Morgan fingerprint density at radius 1 is 1.42 bits per heavy atom. The van der Waals surface area contributed by atoms with Crippen LogP contribution in [0.2, 0.25) is 0 Å². The van der Waals surface area contributed by atoms with E-state index >= 15 is 0 Å². The lowest BCUT2D eigenvalue weighted by molar-refractivity contribution is 0.316. The lowest BCUT2D eigenvalue weighted by atomic mass is 10.2. The van der Waals surface area contributed by atoms with Crippen LogP contribution in [0.4, 0.5) is 5.69 Å². The van der Waals surface area contributed by atoms with E-state index in [9.17, 15) is 0 Å². The van der Waals surface area contributed by atoms with Crippen LogP contribution in [0.5, 0.6) is 0 Å². The highest BCUT2D eigenvalue weighted by Crippen LogP contribution is 2.10. The Balaban J connectivity index is 2.17. The van der Waals surface area contributed by atoms with Gasteiger partial charge in [0, 0.05) is 31.7 Å². The first-order valence-corrected chi connectivity index (χ1v) is 6.59. The first-order valence-electron chi connectivity index (χ1n) is 6.59. The highest BCUT2D eigenvalue weighted by Gasteiger charge is 2.04. The van der Waals surface area contributed by atoms with E-state index in [4.69, 9.17) is 10.9 Å². The van der Waals surface area contributed by atoms with Crippen LogP contribution in [-0.2, 0) is 0 Å². The van der Waals surface area contributed by atoms with Crippen molar-refractivity contribution in [3.8, 4) is 0 Å². The average Bonchev–Trinajstić information content (AvgIpc) is 2.44. The van der Waals surface area contributed by atoms with E-state index in [-0.39, 0.29) is 11.9 Å². The fraction of sp³-hybridized carbons (Fsp3) is 0.500. The molecule has 1 aromatic rings. The molecule has 0 amide bonds. The van der Waals surface area contributed by atoms with Gasteiger partial charge in [-0.05, 0) is 32.0 Å². The van der Waals surface area contributed by atoms with E-state index in [0.29, 0.717) is 6.42 Å². The van der Waals surface area contributed by atoms with Gasteiger partial charge in [-0.3, -0.25) is 0 Å². The van der Waals surface area contributed by atoms with Crippen molar-refractivity contribution in [2.75, 3.05) is 25.0 Å². The number of nitrogens with zero attached hydrogens (tertiary/aromatic N) is 2. The Bertz CT molecular complexity index is 380. The van der Waals surface area contributed by atoms with Gasteiger partial charge in [-0.15, -0.1) is 0 Å². The van der Waals surface area contributed by atoms with Gasteiger partial charge in [0.2, 0.25) is 0 Å². The molecule has 106 valence electrons. The average molecular weight is 264 g/mol. The van der Waals surface area contributed by atoms with Gasteiger partial charge in [0.1, 0.15) is 5.84 Å². The minimum Gasteiger partial charge on any atom is -0.409 e. The topological polar surface area (TPSA) is 73.9 Å². The van der Waals surface area contributed by atoms with Crippen LogP contribution in [0, 0.1) is 0 Å². The molecule has 5 nitrogen and oxygen atoms in total. The molecule has 1 aromatic carbocycles. The minimum atomic E-state index is 0.220. The van der Waals surface area contributed by atoms with E-state index in [2.05, 4.69) is 34.6 Å². The van der Waals surface area contributed by atoms with E-state index in [1.165, 1.54) is 5.69 Å². The van der Waals surface area contributed by atoms with Gasteiger partial charge in [-0.1, -0.05) is 23.4 Å². The molecule has 1 atom stereocenters. The maximum Gasteiger partial charge on any atom is 0.140 e. The summed E-state index contributed by atoms with van der Waals surface area (Å²) in [6.45, 7) is 3.93. The van der Waals surface area contributed by atoms with E-state index in [1.54, 1.807) is 0 Å². The van der Waals surface area contributed by atoms with Gasteiger partial charge in [-0.25, -0.2) is 0 Å². The van der Waals surface area contributed by atoms with Crippen molar-refractivity contribution in [2.24, 2.45) is 10.9 Å². The van der Waals surface area contributed by atoms with Crippen LogP contribution < -0.4 is 16.0 Å². The Hall–Kier alpha value is -1.75. The van der Waals surface area contributed by atoms with Gasteiger partial charge in [0.25, 0.3) is 0 Å². The van der Waals surface area contributed by atoms with Crippen LogP contribution in [0.1, 0.15) is 19.8 Å². The van der Waals surface area contributed by atoms with Gasteiger partial charge in [0.15, 0.2) is 0 Å². The lowest BCUT2D eigenvalue weighted by Crippen LogP contribution is -2.33. The molecule has 0 aliphatic heterocycles. The number of rotatable bonds is 8. The number of benzene rings is 1. The highest BCUT2D eigenvalue weighted by molar-refractivity contribution is 5.80. The molecule has 0 saturated heterocycles. The Morgan fingerprint density at radius 3 is 2.74 bits per heavy atom. The lowest BCUT2D eigenvalue weighted by Gasteiger charge is -2.20. The van der Waals surface area contributed by atoms with Crippen molar-refractivity contribution in [3.05, 3.63) is 30.3 Å². The monoisotopic (exact) mass is 264 g/mol. The predicted octanol–water partition coefficient (Wildman–Crippen LogP) is 1.63. The Morgan fingerprint density at radius 2 is 2.11 bits per heavy atom. The Kier molecular flexibility index (Phi) is 6.74. The van der Waals surface area contributed by atoms with E-state index in [0.717, 1.165) is 19.5 Å². The number of amidine groups is 1. The van der Waals surface area contributed by atoms with Crippen LogP contribution in [0.3, 0.4) is 0 Å². The number of hydrogen-bond donors (Lipinski definition) is 3. The number of nitrogens with one attached hydrogen (secondary N) is 1. The number of nitrogens with two attached hydrogens (primary N) is 1. The van der Waals surface area contributed by atoms with Crippen molar-refractivity contribution in [2.45, 2.75) is 25.8 Å². The van der Waals surface area contributed by atoms with Crippen LogP contribution >= 0.6 is 0 Å². The van der Waals surface area contributed by atoms with Gasteiger partial charge >= 0.3 is 0 Å². The number of oxime groups is 1. The molecule has 1 rings (SSSR count). The minimum absolute atomic E-state index is 0.220. The standard InChI is InChI=1S/C14H24N4O/c1-12(11-14(15)17-19)16-9-6-10-18(2)13-7-4-3-5-8-13/h3-5,7-8,12,16,19H,6,9-11H2,1-2H3,(H2,15,17). The molecule has 0 radical (unpaired) electrons. The number of para-hydroxylation sites is 1. The third-order valence-electron chi connectivity index (χ3n) is 3.00. The SMILES string of the molecule is CC(CC(N)=NO)NCCCN(C)c1ccccc1. The summed E-state index contributed by atoms with van der Waals surface area (Å²) in [5.74, 6) is 0.265. The molecule has 0 bridgehead atoms. The smallest absolute Gasteiger partial charge is 0.140 e. The van der Waals surface area contributed by atoms with Gasteiger partial charge < -0.3 is 21.2 Å². The summed E-state index contributed by atoms with van der Waals surface area (Å²) in [4.78, 5) is 2.23. The third-order valence-corrected chi connectivity index (χ3v) is 3.00. The molecule has 19 heavy (non-hydrogen) atoms. The summed E-state index contributed by atoms with van der Waals surface area (Å²) in [5, 5.41) is 14.8. The van der Waals surface area contributed by atoms with Crippen molar-refractivity contribution >= 4 is 11.5 Å². The zero-order valence-electron chi connectivity index (χ0n) is 11.7. The molecule has 0 aliphatic rings. The second kappa shape index (κ2) is 8.37. The third kappa shape index (κ3) is 6.10. The van der Waals surface area contributed by atoms with Gasteiger partial charge in [-0.2, -0.15) is 0 Å². The highest BCUT2D eigenvalue weighted by atomic mass is 16.4. The molecule has 5 heteroatoms. The van der Waals surface area contributed by atoms with Crippen molar-refractivity contribution < 1.29 is 5.21 Å². The Labute approximate surface area is 115 Å². The van der Waals surface area contributed by atoms with Crippen molar-refractivity contribution in [1.82, 2.24) is 5.32 Å². The zero-order chi connectivity index (χ0) is 14.1. The predicted molar refractivity (Wildman–Crippen MR) is 79.8 cm³/mol. The first kappa shape index (κ1) is 15.3. The zero-order valence-corrected chi connectivity index (χ0v) is 11.7. The van der Waals surface area contributed by atoms with E-state index < -0.39 is 0 Å². The van der Waals surface area contributed by atoms with Crippen molar-refractivity contribution in [3.63, 3.8) is 0 Å². The normalized spacial score (nSPS) is 13.3. The molecule has 0 aromatic heterocycles. The second-order valence-corrected chi connectivity index (χ2v) is 4.76. The fourth-order valence-corrected chi connectivity index (χ4v) is 1.90. The molecular weight excluding hydrogens is 240 g/mol. The van der Waals surface area contributed by atoms with E-state index in [1.807, 2.05) is 25.1 Å². The number of anilines is 1. The van der Waals surface area contributed by atoms with Gasteiger partial charge in [0.05, 0.1) is 0 Å². The largest absolute Gasteiger partial charge is 0.409 e. The van der Waals surface area contributed by atoms with Crippen LogP contribution in [0.25, 0.3) is 0 Å². The van der Waals surface area contributed by atoms with Crippen molar-refractivity contribution in [1.29, 1.82) is 0 Å².